The highest BCUT2D eigenvalue weighted by Gasteiger charge is 2.27. The summed E-state index contributed by atoms with van der Waals surface area (Å²) in [7, 11) is 0. The molecule has 1 aliphatic rings. The lowest BCUT2D eigenvalue weighted by Crippen LogP contribution is -2.16. The second-order valence-corrected chi connectivity index (χ2v) is 7.46. The first-order chi connectivity index (χ1) is 13.0. The molecule has 0 spiro atoms. The summed E-state index contributed by atoms with van der Waals surface area (Å²) >= 11 is 1.45. The molecule has 2 amide bonds. The van der Waals surface area contributed by atoms with Crippen LogP contribution in [0.1, 0.15) is 57.8 Å². The average molecular weight is 386 g/mol. The Morgan fingerprint density at radius 2 is 1.93 bits per heavy atom. The minimum Gasteiger partial charge on any atom is -0.462 e. The van der Waals surface area contributed by atoms with Gasteiger partial charge in [0.1, 0.15) is 5.00 Å². The first kappa shape index (κ1) is 19.1. The van der Waals surface area contributed by atoms with Gasteiger partial charge in [-0.15, -0.1) is 11.3 Å². The van der Waals surface area contributed by atoms with Crippen molar-refractivity contribution in [3.8, 4) is 0 Å². The van der Waals surface area contributed by atoms with Crippen LogP contribution in [0, 0.1) is 0 Å². The van der Waals surface area contributed by atoms with E-state index in [2.05, 4.69) is 10.6 Å². The summed E-state index contributed by atoms with van der Waals surface area (Å²) < 4.78 is 5.21. The number of ether oxygens (including phenoxy) is 1. The fraction of sp³-hybridized carbons (Fsp3) is 0.350. The van der Waals surface area contributed by atoms with Gasteiger partial charge in [0.15, 0.2) is 0 Å². The van der Waals surface area contributed by atoms with Crippen molar-refractivity contribution in [1.29, 1.82) is 0 Å². The molecule has 0 fully saturated rings. The van der Waals surface area contributed by atoms with E-state index in [0.717, 1.165) is 36.1 Å². The molecule has 27 heavy (non-hydrogen) atoms. The summed E-state index contributed by atoms with van der Waals surface area (Å²) in [6, 6.07) is 6.68. The zero-order valence-electron chi connectivity index (χ0n) is 15.4. The minimum absolute atomic E-state index is 0.205. The van der Waals surface area contributed by atoms with Crippen LogP contribution in [0.5, 0.6) is 0 Å². The van der Waals surface area contributed by atoms with Crippen molar-refractivity contribution in [2.75, 3.05) is 17.2 Å². The SMILES string of the molecule is CCOC(=O)c1c(NC(=O)c2cccc(NC(C)=O)c2)sc2c1CCCC2. The minimum atomic E-state index is -0.390. The molecule has 1 heterocycles. The van der Waals surface area contributed by atoms with Crippen molar-refractivity contribution < 1.29 is 19.1 Å². The number of hydrogen-bond acceptors (Lipinski definition) is 5. The third kappa shape index (κ3) is 4.36. The average Bonchev–Trinajstić information content (AvgIpc) is 2.99. The number of thiophene rings is 1. The molecule has 0 saturated heterocycles. The van der Waals surface area contributed by atoms with E-state index in [9.17, 15) is 14.4 Å². The predicted molar refractivity (Wildman–Crippen MR) is 106 cm³/mol. The molecule has 1 aromatic heterocycles. The highest BCUT2D eigenvalue weighted by molar-refractivity contribution is 7.17. The van der Waals surface area contributed by atoms with E-state index in [-0.39, 0.29) is 24.4 Å². The van der Waals surface area contributed by atoms with Gasteiger partial charge in [-0.25, -0.2) is 4.79 Å². The van der Waals surface area contributed by atoms with Crippen LogP contribution in [0.3, 0.4) is 0 Å². The van der Waals surface area contributed by atoms with E-state index >= 15 is 0 Å². The van der Waals surface area contributed by atoms with Crippen LogP contribution in [0.25, 0.3) is 0 Å². The summed E-state index contributed by atoms with van der Waals surface area (Å²) in [6.07, 6.45) is 3.86. The molecule has 0 aliphatic heterocycles. The lowest BCUT2D eigenvalue weighted by molar-refractivity contribution is -0.114. The molecule has 0 saturated carbocycles. The number of anilines is 2. The molecular formula is C20H22N2O4S. The number of rotatable bonds is 5. The van der Waals surface area contributed by atoms with Gasteiger partial charge in [0.25, 0.3) is 5.91 Å². The summed E-state index contributed by atoms with van der Waals surface area (Å²) in [6.45, 7) is 3.46. The highest BCUT2D eigenvalue weighted by Crippen LogP contribution is 2.38. The molecule has 6 nitrogen and oxygen atoms in total. The van der Waals surface area contributed by atoms with Crippen molar-refractivity contribution in [2.24, 2.45) is 0 Å². The summed E-state index contributed by atoms with van der Waals surface area (Å²) in [4.78, 5) is 37.6. The van der Waals surface area contributed by atoms with Crippen molar-refractivity contribution in [3.05, 3.63) is 45.8 Å². The molecule has 0 atom stereocenters. The molecule has 2 aromatic rings. The molecule has 7 heteroatoms. The molecule has 0 radical (unpaired) electrons. The van der Waals surface area contributed by atoms with E-state index in [1.54, 1.807) is 31.2 Å². The first-order valence-electron chi connectivity index (χ1n) is 9.00. The van der Waals surface area contributed by atoms with E-state index in [1.807, 2.05) is 0 Å². The lowest BCUT2D eigenvalue weighted by atomic mass is 9.95. The van der Waals surface area contributed by atoms with Crippen molar-refractivity contribution in [3.63, 3.8) is 0 Å². The highest BCUT2D eigenvalue weighted by atomic mass is 32.1. The Morgan fingerprint density at radius 3 is 2.67 bits per heavy atom. The maximum absolute atomic E-state index is 12.7. The number of esters is 1. The second kappa shape index (κ2) is 8.35. The summed E-state index contributed by atoms with van der Waals surface area (Å²) in [5, 5.41) is 6.07. The van der Waals surface area contributed by atoms with Gasteiger partial charge >= 0.3 is 5.97 Å². The topological polar surface area (TPSA) is 84.5 Å². The Labute approximate surface area is 161 Å². The van der Waals surface area contributed by atoms with Gasteiger partial charge in [-0.3, -0.25) is 9.59 Å². The molecule has 3 rings (SSSR count). The van der Waals surface area contributed by atoms with Gasteiger partial charge in [-0.2, -0.15) is 0 Å². The van der Waals surface area contributed by atoms with Crippen LogP contribution >= 0.6 is 11.3 Å². The van der Waals surface area contributed by atoms with Crippen LogP contribution in [-0.4, -0.2) is 24.4 Å². The van der Waals surface area contributed by atoms with E-state index in [1.165, 1.54) is 18.3 Å². The van der Waals surface area contributed by atoms with Crippen molar-refractivity contribution in [2.45, 2.75) is 39.5 Å². The molecule has 0 bridgehead atoms. The van der Waals surface area contributed by atoms with Gasteiger partial charge in [-0.05, 0) is 56.4 Å². The fourth-order valence-corrected chi connectivity index (χ4v) is 4.46. The van der Waals surface area contributed by atoms with Crippen LogP contribution < -0.4 is 10.6 Å². The molecule has 0 unspecified atom stereocenters. The molecular weight excluding hydrogens is 364 g/mol. The Balaban J connectivity index is 1.88. The number of carbonyl (C=O) groups is 3. The molecule has 2 N–H and O–H groups in total. The van der Waals surface area contributed by atoms with Gasteiger partial charge < -0.3 is 15.4 Å². The van der Waals surface area contributed by atoms with E-state index in [0.29, 0.717) is 21.8 Å². The largest absolute Gasteiger partial charge is 0.462 e. The molecule has 142 valence electrons. The molecule has 1 aromatic carbocycles. The number of carbonyl (C=O) groups excluding carboxylic acids is 3. The van der Waals surface area contributed by atoms with Gasteiger partial charge in [-0.1, -0.05) is 6.07 Å². The Kier molecular flexibility index (Phi) is 5.91. The van der Waals surface area contributed by atoms with Crippen LogP contribution in [0.4, 0.5) is 10.7 Å². The normalized spacial score (nSPS) is 12.8. The van der Waals surface area contributed by atoms with Gasteiger partial charge in [0.05, 0.1) is 12.2 Å². The Bertz CT molecular complexity index is 888. The fourth-order valence-electron chi connectivity index (χ4n) is 3.19. The van der Waals surface area contributed by atoms with Gasteiger partial charge in [0.2, 0.25) is 5.91 Å². The summed E-state index contributed by atoms with van der Waals surface area (Å²) in [5.74, 6) is -0.923. The number of nitrogens with one attached hydrogen (secondary N) is 2. The Morgan fingerprint density at radius 1 is 1.15 bits per heavy atom. The number of benzene rings is 1. The molecule has 1 aliphatic carbocycles. The van der Waals surface area contributed by atoms with E-state index in [4.69, 9.17) is 4.74 Å². The standard InChI is InChI=1S/C20H22N2O4S/c1-3-26-20(25)17-15-9-4-5-10-16(15)27-19(17)22-18(24)13-7-6-8-14(11-13)21-12(2)23/h6-8,11H,3-5,9-10H2,1-2H3,(H,21,23)(H,22,24). The zero-order valence-corrected chi connectivity index (χ0v) is 16.2. The van der Waals surface area contributed by atoms with Crippen LogP contribution in [-0.2, 0) is 22.4 Å². The number of aryl methyl sites for hydroxylation is 1. The van der Waals surface area contributed by atoms with Crippen molar-refractivity contribution >= 4 is 39.8 Å². The van der Waals surface area contributed by atoms with Crippen molar-refractivity contribution in [1.82, 2.24) is 0 Å². The monoisotopic (exact) mass is 386 g/mol. The maximum Gasteiger partial charge on any atom is 0.341 e. The lowest BCUT2D eigenvalue weighted by Gasteiger charge is -2.12. The third-order valence-corrected chi connectivity index (χ3v) is 5.53. The zero-order chi connectivity index (χ0) is 19.4. The Hall–Kier alpha value is -2.67. The van der Waals surface area contributed by atoms with Crippen LogP contribution in [0.2, 0.25) is 0 Å². The van der Waals surface area contributed by atoms with Crippen LogP contribution in [0.15, 0.2) is 24.3 Å². The second-order valence-electron chi connectivity index (χ2n) is 6.35. The third-order valence-electron chi connectivity index (χ3n) is 4.32. The number of amides is 2. The summed E-state index contributed by atoms with van der Waals surface area (Å²) in [5.41, 5.74) is 2.45. The maximum atomic E-state index is 12.7. The quantitative estimate of drug-likeness (QED) is 0.760. The first-order valence-corrected chi connectivity index (χ1v) is 9.82. The number of fused-ring (bicyclic) bond motifs is 1. The van der Waals surface area contributed by atoms with E-state index < -0.39 is 0 Å². The van der Waals surface area contributed by atoms with Gasteiger partial charge in [0, 0.05) is 23.1 Å². The smallest absolute Gasteiger partial charge is 0.341 e. The number of hydrogen-bond donors (Lipinski definition) is 2. The predicted octanol–water partition coefficient (Wildman–Crippen LogP) is 4.01.